The molecular formula is C19H30ClNO2. The lowest BCUT2D eigenvalue weighted by Gasteiger charge is -2.47. The van der Waals surface area contributed by atoms with E-state index in [1.165, 1.54) is 30.4 Å². The van der Waals surface area contributed by atoms with Crippen LogP contribution in [-0.4, -0.2) is 24.8 Å². The van der Waals surface area contributed by atoms with Gasteiger partial charge in [0.2, 0.25) is 6.79 Å². The van der Waals surface area contributed by atoms with E-state index < -0.39 is 0 Å². The Bertz CT molecular complexity index is 559. The van der Waals surface area contributed by atoms with Crippen molar-refractivity contribution < 1.29 is 9.47 Å². The Labute approximate surface area is 146 Å². The highest BCUT2D eigenvalue weighted by molar-refractivity contribution is 5.85. The first kappa shape index (κ1) is 18.4. The fourth-order valence-electron chi connectivity index (χ4n) is 4.11. The van der Waals surface area contributed by atoms with E-state index in [4.69, 9.17) is 9.47 Å². The van der Waals surface area contributed by atoms with Crippen molar-refractivity contribution in [2.24, 2.45) is 5.41 Å². The fraction of sp³-hybridized carbons (Fsp3) is 0.684. The molecule has 2 unspecified atom stereocenters. The molecule has 2 aliphatic rings. The molecule has 130 valence electrons. The minimum absolute atomic E-state index is 0. The maximum atomic E-state index is 5.63. The van der Waals surface area contributed by atoms with E-state index in [1.807, 2.05) is 0 Å². The van der Waals surface area contributed by atoms with Crippen molar-refractivity contribution in [3.8, 4) is 11.5 Å². The third-order valence-corrected chi connectivity index (χ3v) is 5.46. The van der Waals surface area contributed by atoms with Crippen LogP contribution in [0.5, 0.6) is 11.5 Å². The van der Waals surface area contributed by atoms with E-state index in [-0.39, 0.29) is 17.8 Å². The molecule has 0 saturated carbocycles. The highest BCUT2D eigenvalue weighted by Gasteiger charge is 2.40. The summed E-state index contributed by atoms with van der Waals surface area (Å²) in [6.07, 6.45) is 4.87. The van der Waals surface area contributed by atoms with Gasteiger partial charge in [0.15, 0.2) is 11.5 Å². The Morgan fingerprint density at radius 3 is 2.52 bits per heavy atom. The smallest absolute Gasteiger partial charge is 0.231 e. The summed E-state index contributed by atoms with van der Waals surface area (Å²) in [7, 11) is 2.27. The van der Waals surface area contributed by atoms with E-state index >= 15 is 0 Å². The number of nitrogens with zero attached hydrogens (tertiary/aromatic N) is 1. The van der Waals surface area contributed by atoms with Gasteiger partial charge in [-0.05, 0) is 55.5 Å². The number of unbranched alkanes of at least 4 members (excludes halogenated alkanes) is 1. The first-order valence-corrected chi connectivity index (χ1v) is 8.58. The molecule has 23 heavy (non-hydrogen) atoms. The standard InChI is InChI=1S/C19H29NO2.ClH/c1-6-7-8-19(3,4)18-15-11-17-16(21-12-22-17)10-14(15)9-13(2)20(18)5;/h10-11,13,18H,6-9,12H2,1-5H3;1H. The molecule has 2 aliphatic heterocycles. The Balaban J connectivity index is 0.00000192. The van der Waals surface area contributed by atoms with Crippen LogP contribution >= 0.6 is 12.4 Å². The third-order valence-electron chi connectivity index (χ3n) is 5.46. The van der Waals surface area contributed by atoms with Gasteiger partial charge in [-0.1, -0.05) is 33.6 Å². The second kappa shape index (κ2) is 6.90. The van der Waals surface area contributed by atoms with Gasteiger partial charge in [0.25, 0.3) is 0 Å². The Kier molecular flexibility index (Phi) is 5.52. The van der Waals surface area contributed by atoms with Crippen molar-refractivity contribution >= 4 is 12.4 Å². The summed E-state index contributed by atoms with van der Waals surface area (Å²) in [4.78, 5) is 2.56. The summed E-state index contributed by atoms with van der Waals surface area (Å²) < 4.78 is 11.2. The van der Waals surface area contributed by atoms with E-state index in [0.29, 0.717) is 18.9 Å². The van der Waals surface area contributed by atoms with Crippen molar-refractivity contribution in [1.82, 2.24) is 4.90 Å². The van der Waals surface area contributed by atoms with Crippen molar-refractivity contribution in [1.29, 1.82) is 0 Å². The molecule has 0 radical (unpaired) electrons. The summed E-state index contributed by atoms with van der Waals surface area (Å²) >= 11 is 0. The summed E-state index contributed by atoms with van der Waals surface area (Å²) in [5, 5.41) is 0. The van der Waals surface area contributed by atoms with Crippen LogP contribution in [-0.2, 0) is 6.42 Å². The first-order chi connectivity index (χ1) is 10.4. The van der Waals surface area contributed by atoms with Crippen LogP contribution in [0.4, 0.5) is 0 Å². The molecule has 0 aromatic heterocycles. The van der Waals surface area contributed by atoms with Crippen LogP contribution in [0.3, 0.4) is 0 Å². The summed E-state index contributed by atoms with van der Waals surface area (Å²) in [6, 6.07) is 5.44. The van der Waals surface area contributed by atoms with Crippen LogP contribution in [0, 0.1) is 5.41 Å². The normalized spacial score (nSPS) is 23.3. The number of halogens is 1. The molecule has 2 heterocycles. The van der Waals surface area contributed by atoms with Crippen molar-refractivity contribution in [3.05, 3.63) is 23.3 Å². The van der Waals surface area contributed by atoms with Crippen molar-refractivity contribution in [2.45, 2.75) is 65.5 Å². The minimum Gasteiger partial charge on any atom is -0.454 e. The monoisotopic (exact) mass is 339 g/mol. The predicted octanol–water partition coefficient (Wildman–Crippen LogP) is 4.97. The zero-order valence-electron chi connectivity index (χ0n) is 15.0. The van der Waals surface area contributed by atoms with Gasteiger partial charge >= 0.3 is 0 Å². The quantitative estimate of drug-likeness (QED) is 0.773. The van der Waals surface area contributed by atoms with Crippen LogP contribution in [0.25, 0.3) is 0 Å². The van der Waals surface area contributed by atoms with Gasteiger partial charge < -0.3 is 9.47 Å². The highest BCUT2D eigenvalue weighted by Crippen LogP contribution is 2.49. The maximum absolute atomic E-state index is 5.63. The molecular weight excluding hydrogens is 310 g/mol. The van der Waals surface area contributed by atoms with Crippen LogP contribution in [0.2, 0.25) is 0 Å². The Morgan fingerprint density at radius 1 is 1.22 bits per heavy atom. The fourth-order valence-corrected chi connectivity index (χ4v) is 4.11. The zero-order valence-corrected chi connectivity index (χ0v) is 15.8. The zero-order chi connectivity index (χ0) is 15.9. The number of likely N-dealkylation sites (N-methyl/N-ethyl adjacent to an activating group) is 1. The number of ether oxygens (including phenoxy) is 2. The van der Waals surface area contributed by atoms with E-state index in [0.717, 1.165) is 17.9 Å². The molecule has 1 aromatic carbocycles. The first-order valence-electron chi connectivity index (χ1n) is 8.58. The molecule has 0 saturated heterocycles. The van der Waals surface area contributed by atoms with Gasteiger partial charge in [-0.2, -0.15) is 0 Å². The van der Waals surface area contributed by atoms with Crippen molar-refractivity contribution in [3.63, 3.8) is 0 Å². The number of hydrogen-bond donors (Lipinski definition) is 0. The maximum Gasteiger partial charge on any atom is 0.231 e. The number of rotatable bonds is 4. The molecule has 0 fully saturated rings. The van der Waals surface area contributed by atoms with Gasteiger partial charge in [-0.3, -0.25) is 4.90 Å². The van der Waals surface area contributed by atoms with E-state index in [2.05, 4.69) is 51.8 Å². The molecule has 3 nitrogen and oxygen atoms in total. The summed E-state index contributed by atoms with van der Waals surface area (Å²) in [5.41, 5.74) is 3.12. The second-order valence-corrected chi connectivity index (χ2v) is 7.62. The van der Waals surface area contributed by atoms with E-state index in [9.17, 15) is 0 Å². The van der Waals surface area contributed by atoms with E-state index in [1.54, 1.807) is 0 Å². The Morgan fingerprint density at radius 2 is 1.87 bits per heavy atom. The third kappa shape index (κ3) is 3.32. The lowest BCUT2D eigenvalue weighted by molar-refractivity contribution is 0.0590. The number of benzene rings is 1. The van der Waals surface area contributed by atoms with Gasteiger partial charge in [-0.25, -0.2) is 0 Å². The summed E-state index contributed by atoms with van der Waals surface area (Å²) in [5.74, 6) is 1.83. The minimum atomic E-state index is 0. The topological polar surface area (TPSA) is 21.7 Å². The highest BCUT2D eigenvalue weighted by atomic mass is 35.5. The summed E-state index contributed by atoms with van der Waals surface area (Å²) in [6.45, 7) is 9.78. The van der Waals surface area contributed by atoms with Crippen LogP contribution in [0.1, 0.15) is 64.1 Å². The van der Waals surface area contributed by atoms with Gasteiger partial charge in [0, 0.05) is 12.1 Å². The van der Waals surface area contributed by atoms with Crippen molar-refractivity contribution in [2.75, 3.05) is 13.8 Å². The average Bonchev–Trinajstić information content (AvgIpc) is 2.91. The molecule has 1 aromatic rings. The van der Waals surface area contributed by atoms with Gasteiger partial charge in [0.05, 0.1) is 0 Å². The SMILES string of the molecule is CCCCC(C)(C)C1c2cc3c(cc2CC(C)N1C)OCO3.Cl. The molecule has 2 atom stereocenters. The van der Waals surface area contributed by atoms with Crippen LogP contribution < -0.4 is 9.47 Å². The second-order valence-electron chi connectivity index (χ2n) is 7.62. The molecule has 0 bridgehead atoms. The lowest BCUT2D eigenvalue weighted by atomic mass is 9.72. The molecule has 0 spiro atoms. The number of hydrogen-bond acceptors (Lipinski definition) is 3. The Hall–Kier alpha value is -0.930. The molecule has 0 aliphatic carbocycles. The largest absolute Gasteiger partial charge is 0.454 e. The lowest BCUT2D eigenvalue weighted by Crippen LogP contribution is -2.45. The number of fused-ring (bicyclic) bond motifs is 2. The molecule has 4 heteroatoms. The molecule has 0 amide bonds. The predicted molar refractivity (Wildman–Crippen MR) is 96.8 cm³/mol. The van der Waals surface area contributed by atoms with Crippen LogP contribution in [0.15, 0.2) is 12.1 Å². The van der Waals surface area contributed by atoms with Gasteiger partial charge in [-0.15, -0.1) is 12.4 Å². The molecule has 3 rings (SSSR count). The van der Waals surface area contributed by atoms with Gasteiger partial charge in [0.1, 0.15) is 0 Å². The average molecular weight is 340 g/mol. The molecule has 0 N–H and O–H groups in total.